The molecule has 0 heterocycles. The number of rotatable bonds is 9. The van der Waals surface area contributed by atoms with Gasteiger partial charge in [0.2, 0.25) is 0 Å². The van der Waals surface area contributed by atoms with E-state index in [0.29, 0.717) is 13.2 Å². The number of methoxy groups -OCH3 is 2. The Labute approximate surface area is 167 Å². The molecule has 0 bridgehead atoms. The fraction of sp³-hybridized carbons (Fsp3) is 0.611. The van der Waals surface area contributed by atoms with Crippen LogP contribution in [0.1, 0.15) is 18.4 Å². The van der Waals surface area contributed by atoms with Crippen LogP contribution >= 0.6 is 24.0 Å². The molecule has 25 heavy (non-hydrogen) atoms. The minimum atomic E-state index is 0. The fourth-order valence-electron chi connectivity index (χ4n) is 2.47. The van der Waals surface area contributed by atoms with Gasteiger partial charge >= 0.3 is 0 Å². The van der Waals surface area contributed by atoms with Crippen LogP contribution in [0.4, 0.5) is 0 Å². The molecule has 0 aliphatic heterocycles. The van der Waals surface area contributed by atoms with E-state index in [1.165, 1.54) is 12.8 Å². The van der Waals surface area contributed by atoms with Crippen molar-refractivity contribution in [2.75, 3.05) is 48.1 Å². The summed E-state index contributed by atoms with van der Waals surface area (Å²) in [6, 6.07) is 5.85. The minimum absolute atomic E-state index is 0. The standard InChI is InChI=1S/C18H29N3O3.HI/c1-19-18(20-9-10-24-13-14-5-6-14)21(2)12-15-7-8-16(22-3)11-17(15)23-4;/h7-8,11,14H,5-6,9-10,12-13H2,1-4H3,(H,19,20);1H. The second kappa shape index (κ2) is 11.4. The maximum absolute atomic E-state index is 5.64. The molecule has 1 aromatic rings. The fourth-order valence-corrected chi connectivity index (χ4v) is 2.47. The van der Waals surface area contributed by atoms with Crippen molar-refractivity contribution >= 4 is 29.9 Å². The Morgan fingerprint density at radius 2 is 2.04 bits per heavy atom. The van der Waals surface area contributed by atoms with E-state index >= 15 is 0 Å². The highest BCUT2D eigenvalue weighted by molar-refractivity contribution is 14.0. The van der Waals surface area contributed by atoms with Crippen molar-refractivity contribution in [3.05, 3.63) is 23.8 Å². The molecular weight excluding hydrogens is 433 g/mol. The Morgan fingerprint density at radius 3 is 2.64 bits per heavy atom. The van der Waals surface area contributed by atoms with Crippen molar-refractivity contribution in [1.82, 2.24) is 10.2 Å². The number of hydrogen-bond donors (Lipinski definition) is 1. The van der Waals surface area contributed by atoms with Gasteiger partial charge in [-0.3, -0.25) is 4.99 Å². The monoisotopic (exact) mass is 463 g/mol. The van der Waals surface area contributed by atoms with Gasteiger partial charge in [-0.15, -0.1) is 24.0 Å². The lowest BCUT2D eigenvalue weighted by Crippen LogP contribution is -2.40. The predicted molar refractivity (Wildman–Crippen MR) is 111 cm³/mol. The summed E-state index contributed by atoms with van der Waals surface area (Å²) in [4.78, 5) is 6.39. The van der Waals surface area contributed by atoms with Crippen LogP contribution in [0.3, 0.4) is 0 Å². The molecule has 1 aromatic carbocycles. The average Bonchev–Trinajstić information content (AvgIpc) is 3.42. The van der Waals surface area contributed by atoms with Crippen LogP contribution in [0.15, 0.2) is 23.2 Å². The number of ether oxygens (including phenoxy) is 3. The molecule has 0 saturated heterocycles. The van der Waals surface area contributed by atoms with Crippen LogP contribution in [0.5, 0.6) is 11.5 Å². The van der Waals surface area contributed by atoms with Crippen LogP contribution in [0.2, 0.25) is 0 Å². The highest BCUT2D eigenvalue weighted by Gasteiger charge is 2.20. The third-order valence-corrected chi connectivity index (χ3v) is 4.06. The smallest absolute Gasteiger partial charge is 0.193 e. The number of nitrogens with zero attached hydrogens (tertiary/aromatic N) is 2. The molecule has 1 aliphatic rings. The number of aliphatic imine (C=N–C) groups is 1. The van der Waals surface area contributed by atoms with E-state index in [-0.39, 0.29) is 24.0 Å². The summed E-state index contributed by atoms with van der Waals surface area (Å²) in [5.74, 6) is 3.23. The number of hydrogen-bond acceptors (Lipinski definition) is 4. The van der Waals surface area contributed by atoms with Crippen molar-refractivity contribution in [3.63, 3.8) is 0 Å². The first-order valence-corrected chi connectivity index (χ1v) is 8.38. The van der Waals surface area contributed by atoms with Crippen LogP contribution in [-0.2, 0) is 11.3 Å². The minimum Gasteiger partial charge on any atom is -0.497 e. The number of halogens is 1. The summed E-state index contributed by atoms with van der Waals surface area (Å²) in [7, 11) is 7.11. The first-order valence-electron chi connectivity index (χ1n) is 8.38. The van der Waals surface area contributed by atoms with E-state index in [1.807, 2.05) is 25.2 Å². The lowest BCUT2D eigenvalue weighted by atomic mass is 10.2. The first kappa shape index (κ1) is 21.8. The van der Waals surface area contributed by atoms with Crippen LogP contribution < -0.4 is 14.8 Å². The van der Waals surface area contributed by atoms with Crippen LogP contribution in [0.25, 0.3) is 0 Å². The molecule has 0 atom stereocenters. The summed E-state index contributed by atoms with van der Waals surface area (Å²) in [6.07, 6.45) is 2.64. The summed E-state index contributed by atoms with van der Waals surface area (Å²) in [5, 5.41) is 3.33. The zero-order valence-electron chi connectivity index (χ0n) is 15.6. The van der Waals surface area contributed by atoms with Gasteiger partial charge in [0.25, 0.3) is 0 Å². The van der Waals surface area contributed by atoms with Gasteiger partial charge in [-0.1, -0.05) is 0 Å². The summed E-state index contributed by atoms with van der Waals surface area (Å²) >= 11 is 0. The van der Waals surface area contributed by atoms with Crippen molar-refractivity contribution in [2.45, 2.75) is 19.4 Å². The van der Waals surface area contributed by atoms with E-state index in [1.54, 1.807) is 21.3 Å². The molecule has 2 rings (SSSR count). The van der Waals surface area contributed by atoms with Gasteiger partial charge in [0.05, 0.1) is 20.8 Å². The molecule has 142 valence electrons. The molecular formula is C18H30IN3O3. The Bertz CT molecular complexity index is 550. The van der Waals surface area contributed by atoms with Crippen molar-refractivity contribution < 1.29 is 14.2 Å². The Morgan fingerprint density at radius 1 is 1.28 bits per heavy atom. The lowest BCUT2D eigenvalue weighted by Gasteiger charge is -2.23. The van der Waals surface area contributed by atoms with E-state index in [4.69, 9.17) is 14.2 Å². The normalized spacial score (nSPS) is 13.8. The Hall–Kier alpha value is -1.22. The SMILES string of the molecule is CN=C(NCCOCC1CC1)N(C)Cc1ccc(OC)cc1OC.I. The molecule has 1 N–H and O–H groups in total. The highest BCUT2D eigenvalue weighted by atomic mass is 127. The number of benzene rings is 1. The third-order valence-electron chi connectivity index (χ3n) is 4.06. The van der Waals surface area contributed by atoms with Gasteiger partial charge in [-0.25, -0.2) is 0 Å². The quantitative estimate of drug-likeness (QED) is 0.264. The average molecular weight is 463 g/mol. The number of guanidine groups is 1. The van der Waals surface area contributed by atoms with Crippen molar-refractivity contribution in [3.8, 4) is 11.5 Å². The zero-order chi connectivity index (χ0) is 17.4. The zero-order valence-corrected chi connectivity index (χ0v) is 17.9. The molecule has 0 aromatic heterocycles. The van der Waals surface area contributed by atoms with Gasteiger partial charge in [-0.05, 0) is 30.9 Å². The van der Waals surface area contributed by atoms with Gasteiger partial charge in [0.1, 0.15) is 11.5 Å². The summed E-state index contributed by atoms with van der Waals surface area (Å²) < 4.78 is 16.3. The second-order valence-corrected chi connectivity index (χ2v) is 6.03. The van der Waals surface area contributed by atoms with Gasteiger partial charge < -0.3 is 24.4 Å². The molecule has 0 unspecified atom stereocenters. The van der Waals surface area contributed by atoms with E-state index < -0.39 is 0 Å². The topological polar surface area (TPSA) is 55.3 Å². The van der Waals surface area contributed by atoms with E-state index in [9.17, 15) is 0 Å². The molecule has 0 spiro atoms. The predicted octanol–water partition coefficient (Wildman–Crippen LogP) is 2.76. The first-order chi connectivity index (χ1) is 11.7. The van der Waals surface area contributed by atoms with Crippen LogP contribution in [-0.4, -0.2) is 58.9 Å². The maximum Gasteiger partial charge on any atom is 0.193 e. The molecule has 1 saturated carbocycles. The van der Waals surface area contributed by atoms with E-state index in [0.717, 1.165) is 42.1 Å². The van der Waals surface area contributed by atoms with Gasteiger partial charge in [0, 0.05) is 45.4 Å². The number of nitrogens with one attached hydrogen (secondary N) is 1. The lowest BCUT2D eigenvalue weighted by molar-refractivity contribution is 0.128. The van der Waals surface area contributed by atoms with Crippen molar-refractivity contribution in [2.24, 2.45) is 10.9 Å². The summed E-state index contributed by atoms with van der Waals surface area (Å²) in [6.45, 7) is 3.04. The van der Waals surface area contributed by atoms with Crippen LogP contribution in [0, 0.1) is 5.92 Å². The molecule has 1 aliphatic carbocycles. The second-order valence-electron chi connectivity index (χ2n) is 6.03. The molecule has 1 fully saturated rings. The Kier molecular flexibility index (Phi) is 9.96. The largest absolute Gasteiger partial charge is 0.497 e. The third kappa shape index (κ3) is 7.27. The molecule has 0 radical (unpaired) electrons. The van der Waals surface area contributed by atoms with E-state index in [2.05, 4.69) is 15.2 Å². The molecule has 0 amide bonds. The highest BCUT2D eigenvalue weighted by Crippen LogP contribution is 2.28. The molecule has 7 heteroatoms. The van der Waals surface area contributed by atoms with Gasteiger partial charge in [-0.2, -0.15) is 0 Å². The molecule has 6 nitrogen and oxygen atoms in total. The summed E-state index contributed by atoms with van der Waals surface area (Å²) in [5.41, 5.74) is 1.08. The van der Waals surface area contributed by atoms with Crippen molar-refractivity contribution in [1.29, 1.82) is 0 Å². The Balaban J connectivity index is 0.00000312. The maximum atomic E-state index is 5.64. The van der Waals surface area contributed by atoms with Gasteiger partial charge in [0.15, 0.2) is 5.96 Å².